The molecule has 0 spiro atoms. The quantitative estimate of drug-likeness (QED) is 0.637. The van der Waals surface area contributed by atoms with Crippen LogP contribution in [0.1, 0.15) is 16.7 Å². The van der Waals surface area contributed by atoms with Crippen molar-refractivity contribution in [3.8, 4) is 0 Å². The Labute approximate surface area is 138 Å². The summed E-state index contributed by atoms with van der Waals surface area (Å²) in [5.41, 5.74) is 8.78. The van der Waals surface area contributed by atoms with Crippen molar-refractivity contribution in [1.82, 2.24) is 0 Å². The van der Waals surface area contributed by atoms with Crippen LogP contribution in [0.3, 0.4) is 0 Å². The average molecular weight is 299 g/mol. The monoisotopic (exact) mass is 299 g/mol. The van der Waals surface area contributed by atoms with Gasteiger partial charge in [0.2, 0.25) is 0 Å². The molecule has 3 aromatic rings. The number of benzene rings is 3. The summed E-state index contributed by atoms with van der Waals surface area (Å²) < 4.78 is 0. The topological polar surface area (TPSA) is 26.0 Å². The van der Waals surface area contributed by atoms with Crippen molar-refractivity contribution >= 4 is 18.2 Å². The van der Waals surface area contributed by atoms with Gasteiger partial charge in [-0.1, -0.05) is 103 Å². The van der Waals surface area contributed by atoms with E-state index >= 15 is 0 Å². The third-order valence-electron chi connectivity index (χ3n) is 3.16. The number of hydrogen-bond acceptors (Lipinski definition) is 1. The van der Waals surface area contributed by atoms with E-state index in [0.717, 1.165) is 5.56 Å². The van der Waals surface area contributed by atoms with Gasteiger partial charge < -0.3 is 5.73 Å². The first kappa shape index (κ1) is 16.3. The zero-order valence-electron chi connectivity index (χ0n) is 13.0. The van der Waals surface area contributed by atoms with Crippen LogP contribution in [0.5, 0.6) is 0 Å². The van der Waals surface area contributed by atoms with E-state index in [9.17, 15) is 0 Å². The molecule has 0 aliphatic rings. The van der Waals surface area contributed by atoms with Gasteiger partial charge in [0.1, 0.15) is 0 Å². The van der Waals surface area contributed by atoms with Crippen LogP contribution in [0.25, 0.3) is 18.2 Å². The standard InChI is InChI=1S/C14H12.C8H9N/c1-3-7-13(8-4-1)11-12-14-9-5-2-6-10-14;9-7-6-8-4-2-1-3-5-8/h1-12H;1-7H,9H2. The maximum Gasteiger partial charge on any atom is -0.00564 e. The van der Waals surface area contributed by atoms with Gasteiger partial charge in [0, 0.05) is 0 Å². The van der Waals surface area contributed by atoms with E-state index in [2.05, 4.69) is 36.4 Å². The SMILES string of the molecule is C(=Cc1ccccc1)c1ccccc1.NC=Cc1ccccc1. The van der Waals surface area contributed by atoms with Gasteiger partial charge in [-0.25, -0.2) is 0 Å². The van der Waals surface area contributed by atoms with E-state index in [1.54, 1.807) is 0 Å². The lowest BCUT2D eigenvalue weighted by Crippen LogP contribution is -1.75. The predicted octanol–water partition coefficient (Wildman–Crippen LogP) is 5.47. The van der Waals surface area contributed by atoms with E-state index in [0.29, 0.717) is 0 Å². The van der Waals surface area contributed by atoms with Crippen LogP contribution in [0.2, 0.25) is 0 Å². The molecule has 0 saturated heterocycles. The predicted molar refractivity (Wildman–Crippen MR) is 101 cm³/mol. The average Bonchev–Trinajstić information content (AvgIpc) is 2.64. The molecule has 0 aliphatic carbocycles. The van der Waals surface area contributed by atoms with Gasteiger partial charge in [0.15, 0.2) is 0 Å². The van der Waals surface area contributed by atoms with Gasteiger partial charge in [0.05, 0.1) is 0 Å². The highest BCUT2D eigenvalue weighted by Gasteiger charge is 1.84. The summed E-state index contributed by atoms with van der Waals surface area (Å²) in [6.07, 6.45) is 7.64. The third-order valence-corrected chi connectivity index (χ3v) is 3.16. The lowest BCUT2D eigenvalue weighted by Gasteiger charge is -1.92. The highest BCUT2D eigenvalue weighted by atomic mass is 14.5. The second-order valence-electron chi connectivity index (χ2n) is 4.92. The second-order valence-corrected chi connectivity index (χ2v) is 4.92. The first-order valence-corrected chi connectivity index (χ1v) is 7.60. The molecule has 23 heavy (non-hydrogen) atoms. The zero-order chi connectivity index (χ0) is 16.2. The molecule has 0 radical (unpaired) electrons. The summed E-state index contributed by atoms with van der Waals surface area (Å²) >= 11 is 0. The van der Waals surface area contributed by atoms with E-state index in [1.165, 1.54) is 17.3 Å². The van der Waals surface area contributed by atoms with Gasteiger partial charge in [-0.3, -0.25) is 0 Å². The molecule has 0 aromatic heterocycles. The van der Waals surface area contributed by atoms with Crippen molar-refractivity contribution < 1.29 is 0 Å². The molecular weight excluding hydrogens is 278 g/mol. The van der Waals surface area contributed by atoms with E-state index in [4.69, 9.17) is 5.73 Å². The van der Waals surface area contributed by atoms with Crippen molar-refractivity contribution in [2.24, 2.45) is 5.73 Å². The molecular formula is C22H21N. The molecule has 2 N–H and O–H groups in total. The fraction of sp³-hybridized carbons (Fsp3) is 0. The number of rotatable bonds is 3. The van der Waals surface area contributed by atoms with Crippen LogP contribution in [-0.2, 0) is 0 Å². The molecule has 3 aromatic carbocycles. The fourth-order valence-electron chi connectivity index (χ4n) is 2.00. The summed E-state index contributed by atoms with van der Waals surface area (Å²) in [5.74, 6) is 0. The maximum atomic E-state index is 5.18. The largest absolute Gasteiger partial charge is 0.405 e. The van der Waals surface area contributed by atoms with Gasteiger partial charge in [-0.05, 0) is 29.0 Å². The summed E-state index contributed by atoms with van der Waals surface area (Å²) in [4.78, 5) is 0. The number of hydrogen-bond donors (Lipinski definition) is 1. The van der Waals surface area contributed by atoms with Gasteiger partial charge in [0.25, 0.3) is 0 Å². The van der Waals surface area contributed by atoms with Crippen LogP contribution < -0.4 is 5.73 Å². The molecule has 0 fully saturated rings. The Bertz CT molecular complexity index is 672. The Morgan fingerprint density at radius 1 is 0.435 bits per heavy atom. The van der Waals surface area contributed by atoms with Crippen molar-refractivity contribution in [3.63, 3.8) is 0 Å². The third kappa shape index (κ3) is 6.49. The molecule has 0 atom stereocenters. The molecule has 1 nitrogen and oxygen atoms in total. The van der Waals surface area contributed by atoms with Crippen molar-refractivity contribution in [2.75, 3.05) is 0 Å². The highest BCUT2D eigenvalue weighted by molar-refractivity contribution is 5.69. The second kappa shape index (κ2) is 9.80. The lowest BCUT2D eigenvalue weighted by molar-refractivity contribution is 1.60. The van der Waals surface area contributed by atoms with E-state index < -0.39 is 0 Å². The van der Waals surface area contributed by atoms with Crippen LogP contribution >= 0.6 is 0 Å². The minimum Gasteiger partial charge on any atom is -0.405 e. The van der Waals surface area contributed by atoms with E-state index in [-0.39, 0.29) is 0 Å². The Morgan fingerprint density at radius 3 is 1.04 bits per heavy atom. The fourth-order valence-corrected chi connectivity index (χ4v) is 2.00. The zero-order valence-corrected chi connectivity index (χ0v) is 13.0. The first-order chi connectivity index (χ1) is 11.4. The van der Waals surface area contributed by atoms with Crippen molar-refractivity contribution in [3.05, 3.63) is 114 Å². The van der Waals surface area contributed by atoms with Gasteiger partial charge in [-0.15, -0.1) is 0 Å². The molecule has 0 saturated carbocycles. The Kier molecular flexibility index (Phi) is 6.95. The molecule has 0 amide bonds. The smallest absolute Gasteiger partial charge is 0.00564 e. The molecule has 1 heteroatoms. The molecule has 0 bridgehead atoms. The maximum absolute atomic E-state index is 5.18. The molecule has 0 aliphatic heterocycles. The van der Waals surface area contributed by atoms with Gasteiger partial charge in [-0.2, -0.15) is 0 Å². The van der Waals surface area contributed by atoms with E-state index in [1.807, 2.05) is 72.8 Å². The van der Waals surface area contributed by atoms with Crippen molar-refractivity contribution in [2.45, 2.75) is 0 Å². The summed E-state index contributed by atoms with van der Waals surface area (Å²) in [7, 11) is 0. The minimum absolute atomic E-state index is 1.14. The van der Waals surface area contributed by atoms with Crippen LogP contribution in [0.15, 0.2) is 97.2 Å². The molecule has 0 heterocycles. The Balaban J connectivity index is 0.000000185. The summed E-state index contributed by atoms with van der Waals surface area (Å²) in [5, 5.41) is 0. The van der Waals surface area contributed by atoms with Crippen molar-refractivity contribution in [1.29, 1.82) is 0 Å². The normalized spacial score (nSPS) is 10.4. The molecule has 3 rings (SSSR count). The first-order valence-electron chi connectivity index (χ1n) is 7.60. The lowest BCUT2D eigenvalue weighted by atomic mass is 10.1. The molecule has 114 valence electrons. The van der Waals surface area contributed by atoms with Gasteiger partial charge >= 0.3 is 0 Å². The summed E-state index contributed by atoms with van der Waals surface area (Å²) in [6.45, 7) is 0. The Morgan fingerprint density at radius 2 is 0.739 bits per heavy atom. The van der Waals surface area contributed by atoms with Crippen LogP contribution in [0.4, 0.5) is 0 Å². The number of nitrogens with two attached hydrogens (primary N) is 1. The van der Waals surface area contributed by atoms with Crippen LogP contribution in [0, 0.1) is 0 Å². The Hall–Kier alpha value is -3.06. The molecule has 0 unspecified atom stereocenters. The van der Waals surface area contributed by atoms with Crippen LogP contribution in [-0.4, -0.2) is 0 Å². The highest BCUT2D eigenvalue weighted by Crippen LogP contribution is 2.07. The summed E-state index contributed by atoms with van der Waals surface area (Å²) in [6, 6.07) is 30.6. The minimum atomic E-state index is 1.14.